The Morgan fingerprint density at radius 3 is 2.64 bits per heavy atom. The molecule has 0 aromatic heterocycles. The number of hydrogen-bond acceptors (Lipinski definition) is 4. The van der Waals surface area contributed by atoms with Crippen molar-refractivity contribution in [3.05, 3.63) is 23.2 Å². The molecule has 2 fully saturated rings. The van der Waals surface area contributed by atoms with E-state index >= 15 is 0 Å². The van der Waals surface area contributed by atoms with Gasteiger partial charge in [0.25, 0.3) is 0 Å². The van der Waals surface area contributed by atoms with Crippen molar-refractivity contribution in [3.63, 3.8) is 0 Å². The molecule has 1 aromatic rings. The molecule has 1 aromatic carbocycles. The van der Waals surface area contributed by atoms with E-state index in [1.165, 1.54) is 18.2 Å². The second-order valence-corrected chi connectivity index (χ2v) is 9.36. The molecule has 0 saturated heterocycles. The zero-order valence-electron chi connectivity index (χ0n) is 15.3. The number of halogens is 4. The molecule has 2 N–H and O–H groups in total. The highest BCUT2D eigenvalue weighted by atomic mass is 35.5. The van der Waals surface area contributed by atoms with Gasteiger partial charge in [0.2, 0.25) is 5.91 Å². The third-order valence-electron chi connectivity index (χ3n) is 5.17. The van der Waals surface area contributed by atoms with Crippen molar-refractivity contribution in [2.24, 2.45) is 5.92 Å². The van der Waals surface area contributed by atoms with Crippen LogP contribution in [0.15, 0.2) is 23.1 Å². The van der Waals surface area contributed by atoms with E-state index in [0.29, 0.717) is 24.2 Å². The highest BCUT2D eigenvalue weighted by Crippen LogP contribution is 2.37. The van der Waals surface area contributed by atoms with Crippen molar-refractivity contribution < 1.29 is 26.9 Å². The number of nitrogens with one attached hydrogen (secondary N) is 2. The van der Waals surface area contributed by atoms with E-state index in [9.17, 15) is 22.2 Å². The van der Waals surface area contributed by atoms with Crippen molar-refractivity contribution in [1.82, 2.24) is 10.6 Å². The van der Waals surface area contributed by atoms with E-state index in [1.54, 1.807) is 0 Å². The van der Waals surface area contributed by atoms with E-state index in [-0.39, 0.29) is 33.5 Å². The fourth-order valence-electron chi connectivity index (χ4n) is 3.35. The fraction of sp³-hybridized carbons (Fsp3) is 0.611. The lowest BCUT2D eigenvalue weighted by molar-refractivity contribution is -0.153. The van der Waals surface area contributed by atoms with E-state index < -0.39 is 23.6 Å². The molecule has 3 rings (SSSR count). The standard InChI is InChI=1S/C18H22ClF3N2O3S/c1-23-17(6-7-17)24-16(25)11-2-4-13(8-11)28(26)15-5-3-12(9-14(15)19)27-10-18(20,21)22/h3,5,9,11,13,23H,2,4,6-8,10H2,1H3,(H,24,25). The SMILES string of the molecule is CNC1(NC(=O)C2CCC(S(=O)c3ccc(OCC(F)(F)F)cc3Cl)C2)CC1. The lowest BCUT2D eigenvalue weighted by Crippen LogP contribution is -2.48. The molecule has 10 heteroatoms. The Morgan fingerprint density at radius 1 is 1.36 bits per heavy atom. The first-order valence-electron chi connectivity index (χ1n) is 9.03. The van der Waals surface area contributed by atoms with Crippen LogP contribution in [-0.4, -0.2) is 40.9 Å². The third-order valence-corrected chi connectivity index (χ3v) is 7.42. The zero-order valence-corrected chi connectivity index (χ0v) is 16.8. The van der Waals surface area contributed by atoms with Gasteiger partial charge >= 0.3 is 6.18 Å². The Hall–Kier alpha value is -1.32. The van der Waals surface area contributed by atoms with Gasteiger partial charge in [-0.3, -0.25) is 14.3 Å². The molecule has 5 nitrogen and oxygen atoms in total. The molecule has 2 aliphatic rings. The van der Waals surface area contributed by atoms with E-state index in [2.05, 4.69) is 15.4 Å². The number of carbonyl (C=O) groups excluding carboxylic acids is 1. The molecule has 0 bridgehead atoms. The normalized spacial score (nSPS) is 24.6. The number of rotatable bonds is 7. The highest BCUT2D eigenvalue weighted by Gasteiger charge is 2.44. The summed E-state index contributed by atoms with van der Waals surface area (Å²) in [7, 11) is 0.358. The molecule has 0 aliphatic heterocycles. The Morgan fingerprint density at radius 2 is 2.07 bits per heavy atom. The first kappa shape index (κ1) is 21.4. The van der Waals surface area contributed by atoms with Gasteiger partial charge in [0.1, 0.15) is 5.75 Å². The lowest BCUT2D eigenvalue weighted by atomic mass is 10.1. The van der Waals surface area contributed by atoms with Crippen molar-refractivity contribution in [2.45, 2.75) is 54.1 Å². The summed E-state index contributed by atoms with van der Waals surface area (Å²) in [6.07, 6.45) is -0.891. The largest absolute Gasteiger partial charge is 0.484 e. The number of ether oxygens (including phenoxy) is 1. The second kappa shape index (κ2) is 8.20. The first-order chi connectivity index (χ1) is 13.1. The van der Waals surface area contributed by atoms with Crippen LogP contribution in [0.3, 0.4) is 0 Å². The van der Waals surface area contributed by atoms with Crippen molar-refractivity contribution in [2.75, 3.05) is 13.7 Å². The van der Waals surface area contributed by atoms with E-state index in [4.69, 9.17) is 11.6 Å². The Balaban J connectivity index is 1.59. The van der Waals surface area contributed by atoms with Crippen LogP contribution < -0.4 is 15.4 Å². The zero-order chi connectivity index (χ0) is 20.5. The smallest absolute Gasteiger partial charge is 0.422 e. The molecule has 0 spiro atoms. The molecule has 2 saturated carbocycles. The molecule has 3 unspecified atom stereocenters. The van der Waals surface area contributed by atoms with Crippen LogP contribution in [0.2, 0.25) is 5.02 Å². The average molecular weight is 439 g/mol. The van der Waals surface area contributed by atoms with Crippen molar-refractivity contribution in [1.29, 1.82) is 0 Å². The number of hydrogen-bond donors (Lipinski definition) is 2. The second-order valence-electron chi connectivity index (χ2n) is 7.25. The minimum atomic E-state index is -4.44. The van der Waals surface area contributed by atoms with Gasteiger partial charge in [-0.15, -0.1) is 0 Å². The van der Waals surface area contributed by atoms with Crippen LogP contribution in [0.25, 0.3) is 0 Å². The Labute approximate surface area is 168 Å². The predicted molar refractivity (Wildman–Crippen MR) is 99.7 cm³/mol. The molecular weight excluding hydrogens is 417 g/mol. The summed E-state index contributed by atoms with van der Waals surface area (Å²) >= 11 is 6.12. The van der Waals surface area contributed by atoms with Crippen LogP contribution in [-0.2, 0) is 15.6 Å². The van der Waals surface area contributed by atoms with Gasteiger partial charge < -0.3 is 10.1 Å². The van der Waals surface area contributed by atoms with Gasteiger partial charge in [-0.05, 0) is 57.4 Å². The Bertz CT molecular complexity index is 771. The summed E-state index contributed by atoms with van der Waals surface area (Å²) in [5, 5.41) is 6.00. The predicted octanol–water partition coefficient (Wildman–Crippen LogP) is 3.38. The summed E-state index contributed by atoms with van der Waals surface area (Å²) in [6.45, 7) is -1.42. The lowest BCUT2D eigenvalue weighted by Gasteiger charge is -2.19. The van der Waals surface area contributed by atoms with Gasteiger partial charge in [-0.2, -0.15) is 13.2 Å². The van der Waals surface area contributed by atoms with Gasteiger partial charge in [0.15, 0.2) is 6.61 Å². The van der Waals surface area contributed by atoms with Crippen molar-refractivity contribution in [3.8, 4) is 5.75 Å². The van der Waals surface area contributed by atoms with Gasteiger partial charge in [-0.1, -0.05) is 11.6 Å². The highest BCUT2D eigenvalue weighted by molar-refractivity contribution is 7.85. The number of alkyl halides is 3. The average Bonchev–Trinajstić information content (AvgIpc) is 3.22. The summed E-state index contributed by atoms with van der Waals surface area (Å²) in [6, 6.07) is 3.99. The van der Waals surface area contributed by atoms with E-state index in [0.717, 1.165) is 12.8 Å². The summed E-state index contributed by atoms with van der Waals surface area (Å²) < 4.78 is 54.3. The van der Waals surface area contributed by atoms with Crippen LogP contribution in [0, 0.1) is 5.92 Å². The van der Waals surface area contributed by atoms with Crippen LogP contribution in [0.5, 0.6) is 5.75 Å². The Kier molecular flexibility index (Phi) is 6.26. The molecule has 2 aliphatic carbocycles. The van der Waals surface area contributed by atoms with E-state index in [1.807, 2.05) is 7.05 Å². The number of benzene rings is 1. The van der Waals surface area contributed by atoms with Gasteiger partial charge in [-0.25, -0.2) is 0 Å². The van der Waals surface area contributed by atoms with Crippen LogP contribution in [0.1, 0.15) is 32.1 Å². The minimum absolute atomic E-state index is 0.0338. The summed E-state index contributed by atoms with van der Waals surface area (Å²) in [4.78, 5) is 12.8. The summed E-state index contributed by atoms with van der Waals surface area (Å²) in [5.74, 6) is -0.269. The van der Waals surface area contributed by atoms with Gasteiger partial charge in [0.05, 0.1) is 26.4 Å². The number of amides is 1. The van der Waals surface area contributed by atoms with Crippen molar-refractivity contribution >= 4 is 28.3 Å². The van der Waals surface area contributed by atoms with Crippen LogP contribution >= 0.6 is 11.6 Å². The molecule has 0 heterocycles. The molecule has 28 heavy (non-hydrogen) atoms. The van der Waals surface area contributed by atoms with Crippen LogP contribution in [0.4, 0.5) is 13.2 Å². The van der Waals surface area contributed by atoms with Gasteiger partial charge in [0, 0.05) is 11.2 Å². The molecule has 0 radical (unpaired) electrons. The molecule has 1 amide bonds. The maximum absolute atomic E-state index is 12.9. The fourth-order valence-corrected chi connectivity index (χ4v) is 5.32. The summed E-state index contributed by atoms with van der Waals surface area (Å²) in [5.41, 5.74) is -0.288. The third kappa shape index (κ3) is 5.18. The molecule has 156 valence electrons. The molecular formula is C18H22ClF3N2O3S. The minimum Gasteiger partial charge on any atom is -0.484 e. The first-order valence-corrected chi connectivity index (χ1v) is 10.6. The number of carbonyl (C=O) groups is 1. The maximum Gasteiger partial charge on any atom is 0.422 e. The topological polar surface area (TPSA) is 67.4 Å². The molecule has 3 atom stereocenters. The monoisotopic (exact) mass is 438 g/mol. The maximum atomic E-state index is 12.9. The quantitative estimate of drug-likeness (QED) is 0.640.